The molecule has 0 amide bonds. The van der Waals surface area contributed by atoms with Crippen molar-refractivity contribution < 1.29 is 0 Å². The van der Waals surface area contributed by atoms with E-state index in [0.29, 0.717) is 6.04 Å². The molecule has 1 aliphatic heterocycles. The van der Waals surface area contributed by atoms with Crippen LogP contribution in [0.1, 0.15) is 12.8 Å². The van der Waals surface area contributed by atoms with Crippen LogP contribution in [0.25, 0.3) is 42.4 Å². The SMILES string of the molecule is CN(c1nc2sc(-c3cnc(-c4cn[nH]c4)c4[nH]ccc34)nc2s1)C1CCNCC1. The molecular weight excluding hydrogens is 416 g/mol. The Hall–Kier alpha value is -2.82. The molecular formula is C20H20N8S2. The first-order chi connectivity index (χ1) is 14.8. The first-order valence-corrected chi connectivity index (χ1v) is 11.6. The second-order valence-electron chi connectivity index (χ2n) is 7.49. The zero-order valence-corrected chi connectivity index (χ0v) is 18.0. The summed E-state index contributed by atoms with van der Waals surface area (Å²) in [5.74, 6) is 0. The number of aromatic amines is 2. The van der Waals surface area contributed by atoms with Crippen molar-refractivity contribution in [2.45, 2.75) is 18.9 Å². The van der Waals surface area contributed by atoms with Gasteiger partial charge >= 0.3 is 0 Å². The summed E-state index contributed by atoms with van der Waals surface area (Å²) < 4.78 is 0. The van der Waals surface area contributed by atoms with Gasteiger partial charge in [0.15, 0.2) is 14.8 Å². The summed E-state index contributed by atoms with van der Waals surface area (Å²) in [5.41, 5.74) is 3.87. The van der Waals surface area contributed by atoms with E-state index in [9.17, 15) is 0 Å². The number of nitrogens with zero attached hydrogens (tertiary/aromatic N) is 5. The molecule has 152 valence electrons. The molecule has 0 unspecified atom stereocenters. The first-order valence-electron chi connectivity index (χ1n) is 9.94. The van der Waals surface area contributed by atoms with Crippen LogP contribution >= 0.6 is 22.7 Å². The van der Waals surface area contributed by atoms with Gasteiger partial charge in [-0.3, -0.25) is 10.1 Å². The number of hydrogen-bond acceptors (Lipinski definition) is 8. The van der Waals surface area contributed by atoms with Gasteiger partial charge in [-0.25, -0.2) is 9.97 Å². The Morgan fingerprint density at radius 3 is 2.77 bits per heavy atom. The minimum Gasteiger partial charge on any atom is -0.359 e. The van der Waals surface area contributed by atoms with Gasteiger partial charge in [-0.1, -0.05) is 22.7 Å². The molecule has 3 N–H and O–H groups in total. The number of nitrogens with one attached hydrogen (secondary N) is 3. The lowest BCUT2D eigenvalue weighted by molar-refractivity contribution is 0.443. The van der Waals surface area contributed by atoms with Crippen molar-refractivity contribution in [3.05, 3.63) is 30.9 Å². The number of anilines is 1. The van der Waals surface area contributed by atoms with Crippen LogP contribution in [0.5, 0.6) is 0 Å². The Bertz CT molecular complexity index is 1280. The maximum absolute atomic E-state index is 4.92. The molecule has 6 rings (SSSR count). The molecule has 0 spiro atoms. The minimum absolute atomic E-state index is 0.546. The van der Waals surface area contributed by atoms with E-state index in [1.807, 2.05) is 18.6 Å². The van der Waals surface area contributed by atoms with Crippen LogP contribution in [-0.2, 0) is 0 Å². The normalized spacial score (nSPS) is 15.4. The summed E-state index contributed by atoms with van der Waals surface area (Å²) in [6, 6.07) is 2.62. The summed E-state index contributed by atoms with van der Waals surface area (Å²) in [6.07, 6.45) is 9.80. The molecule has 0 atom stereocenters. The van der Waals surface area contributed by atoms with Gasteiger partial charge < -0.3 is 15.2 Å². The third-order valence-corrected chi connectivity index (χ3v) is 7.87. The van der Waals surface area contributed by atoms with Gasteiger partial charge in [0.2, 0.25) is 0 Å². The van der Waals surface area contributed by atoms with Crippen LogP contribution in [-0.4, -0.2) is 56.3 Å². The lowest BCUT2D eigenvalue weighted by Crippen LogP contribution is -2.41. The number of rotatable bonds is 4. The monoisotopic (exact) mass is 436 g/mol. The number of pyridine rings is 1. The summed E-state index contributed by atoms with van der Waals surface area (Å²) in [6.45, 7) is 2.15. The van der Waals surface area contributed by atoms with Crippen LogP contribution in [0.4, 0.5) is 5.13 Å². The standard InChI is InChI=1S/C20H20N8S2/c1-28(12-2-5-21-6-3-12)20-27-19-18(30-20)26-17(29-19)14-10-23-15(11-8-24-25-9-11)16-13(14)4-7-22-16/h4,7-10,12,21-22H,2-3,5-6H2,1H3,(H,24,25). The van der Waals surface area contributed by atoms with Crippen LogP contribution in [0.15, 0.2) is 30.9 Å². The predicted octanol–water partition coefficient (Wildman–Crippen LogP) is 3.87. The Balaban J connectivity index is 1.36. The van der Waals surface area contributed by atoms with Gasteiger partial charge in [0.1, 0.15) is 5.01 Å². The van der Waals surface area contributed by atoms with E-state index >= 15 is 0 Å². The fourth-order valence-corrected chi connectivity index (χ4v) is 6.17. The van der Waals surface area contributed by atoms with Crippen molar-refractivity contribution >= 4 is 48.4 Å². The Morgan fingerprint density at radius 1 is 1.10 bits per heavy atom. The van der Waals surface area contributed by atoms with E-state index < -0.39 is 0 Å². The van der Waals surface area contributed by atoms with Crippen molar-refractivity contribution in [1.82, 2.24) is 35.5 Å². The highest BCUT2D eigenvalue weighted by molar-refractivity contribution is 7.29. The highest BCUT2D eigenvalue weighted by Crippen LogP contribution is 2.39. The van der Waals surface area contributed by atoms with E-state index in [4.69, 9.17) is 15.0 Å². The Kier molecular flexibility index (Phi) is 4.29. The average Bonchev–Trinajstić information content (AvgIpc) is 3.56. The van der Waals surface area contributed by atoms with Gasteiger partial charge in [-0.2, -0.15) is 5.10 Å². The predicted molar refractivity (Wildman–Crippen MR) is 122 cm³/mol. The second-order valence-corrected chi connectivity index (χ2v) is 9.43. The average molecular weight is 437 g/mol. The maximum Gasteiger partial charge on any atom is 0.188 e. The molecule has 0 aromatic carbocycles. The van der Waals surface area contributed by atoms with Crippen molar-refractivity contribution in [2.75, 3.05) is 25.0 Å². The molecule has 30 heavy (non-hydrogen) atoms. The third-order valence-electron chi connectivity index (χ3n) is 5.72. The first kappa shape index (κ1) is 18.0. The van der Waals surface area contributed by atoms with Gasteiger partial charge in [0, 0.05) is 48.2 Å². The van der Waals surface area contributed by atoms with E-state index in [0.717, 1.165) is 73.5 Å². The molecule has 1 saturated heterocycles. The topological polar surface area (TPSA) is 98.4 Å². The summed E-state index contributed by atoms with van der Waals surface area (Å²) in [7, 11) is 2.15. The fourth-order valence-electron chi connectivity index (χ4n) is 4.07. The Labute approximate surface area is 180 Å². The highest BCUT2D eigenvalue weighted by atomic mass is 32.1. The van der Waals surface area contributed by atoms with Gasteiger partial charge in [-0.15, -0.1) is 0 Å². The molecule has 1 aliphatic rings. The molecule has 6 heterocycles. The molecule has 0 bridgehead atoms. The fraction of sp³-hybridized carbons (Fsp3) is 0.300. The van der Waals surface area contributed by atoms with E-state index in [-0.39, 0.29) is 0 Å². The van der Waals surface area contributed by atoms with Gasteiger partial charge in [0.05, 0.1) is 17.4 Å². The molecule has 5 aromatic heterocycles. The maximum atomic E-state index is 4.92. The number of H-pyrrole nitrogens is 2. The summed E-state index contributed by atoms with van der Waals surface area (Å²) >= 11 is 3.31. The molecule has 8 nitrogen and oxygen atoms in total. The smallest absolute Gasteiger partial charge is 0.188 e. The zero-order valence-electron chi connectivity index (χ0n) is 16.3. The van der Waals surface area contributed by atoms with Crippen molar-refractivity contribution in [1.29, 1.82) is 0 Å². The number of piperidine rings is 1. The summed E-state index contributed by atoms with van der Waals surface area (Å²) in [5, 5.41) is 13.4. The van der Waals surface area contributed by atoms with Crippen LogP contribution in [0.2, 0.25) is 0 Å². The molecule has 5 aromatic rings. The molecule has 0 saturated carbocycles. The summed E-state index contributed by atoms with van der Waals surface area (Å²) in [4.78, 5) is 22.2. The van der Waals surface area contributed by atoms with Gasteiger partial charge in [0.25, 0.3) is 0 Å². The lowest BCUT2D eigenvalue weighted by Gasteiger charge is -2.31. The number of aromatic nitrogens is 6. The number of fused-ring (bicyclic) bond motifs is 2. The second kappa shape index (κ2) is 7.15. The number of hydrogen-bond donors (Lipinski definition) is 3. The van der Waals surface area contributed by atoms with E-state index in [1.165, 1.54) is 0 Å². The minimum atomic E-state index is 0.546. The van der Waals surface area contributed by atoms with Crippen molar-refractivity contribution in [3.63, 3.8) is 0 Å². The molecule has 1 fully saturated rings. The van der Waals surface area contributed by atoms with Crippen LogP contribution in [0, 0.1) is 0 Å². The third kappa shape index (κ3) is 2.91. The van der Waals surface area contributed by atoms with Crippen LogP contribution < -0.4 is 10.2 Å². The lowest BCUT2D eigenvalue weighted by atomic mass is 10.1. The van der Waals surface area contributed by atoms with E-state index in [2.05, 4.69) is 38.5 Å². The molecule has 0 radical (unpaired) electrons. The van der Waals surface area contributed by atoms with E-state index in [1.54, 1.807) is 28.9 Å². The highest BCUT2D eigenvalue weighted by Gasteiger charge is 2.22. The Morgan fingerprint density at radius 2 is 1.97 bits per heavy atom. The van der Waals surface area contributed by atoms with Crippen LogP contribution in [0.3, 0.4) is 0 Å². The molecule has 0 aliphatic carbocycles. The van der Waals surface area contributed by atoms with Crippen molar-refractivity contribution in [3.8, 4) is 21.8 Å². The largest absolute Gasteiger partial charge is 0.359 e. The quantitative estimate of drug-likeness (QED) is 0.396. The molecule has 10 heteroatoms. The zero-order chi connectivity index (χ0) is 20.1. The number of thiazole rings is 2. The van der Waals surface area contributed by atoms with Gasteiger partial charge in [-0.05, 0) is 32.0 Å². The van der Waals surface area contributed by atoms with Crippen molar-refractivity contribution in [2.24, 2.45) is 0 Å².